The number of thiocarbonyl (C=S) groups is 1. The molecular weight excluding hydrogens is 458 g/mol. The van der Waals surface area contributed by atoms with Crippen LogP contribution in [0.2, 0.25) is 5.02 Å². The SMILES string of the molecule is COCC(=O)Nc1ccc(N2C(=S)NC(c3ccccn3)C2c2cccn2C(C)C)cc1Cl. The van der Waals surface area contributed by atoms with Crippen molar-refractivity contribution in [3.63, 3.8) is 0 Å². The van der Waals surface area contributed by atoms with Crippen LogP contribution in [0.15, 0.2) is 60.9 Å². The molecule has 9 heteroatoms. The molecule has 2 N–H and O–H groups in total. The zero-order chi connectivity index (χ0) is 23.5. The molecule has 2 atom stereocenters. The van der Waals surface area contributed by atoms with Crippen LogP contribution in [0.1, 0.15) is 43.4 Å². The number of carbonyl (C=O) groups excluding carboxylic acids is 1. The summed E-state index contributed by atoms with van der Waals surface area (Å²) in [6, 6.07) is 15.5. The molecule has 1 fully saturated rings. The van der Waals surface area contributed by atoms with Gasteiger partial charge >= 0.3 is 0 Å². The van der Waals surface area contributed by atoms with E-state index in [9.17, 15) is 4.79 Å². The number of nitrogens with zero attached hydrogens (tertiary/aromatic N) is 3. The average Bonchev–Trinajstić information content (AvgIpc) is 3.40. The van der Waals surface area contributed by atoms with E-state index < -0.39 is 0 Å². The quantitative estimate of drug-likeness (QED) is 0.467. The summed E-state index contributed by atoms with van der Waals surface area (Å²) >= 11 is 12.3. The molecule has 1 aliphatic rings. The third-order valence-corrected chi connectivity index (χ3v) is 6.18. The summed E-state index contributed by atoms with van der Waals surface area (Å²) in [5.74, 6) is -0.270. The van der Waals surface area contributed by atoms with Crippen molar-refractivity contribution in [1.29, 1.82) is 0 Å². The van der Waals surface area contributed by atoms with E-state index in [1.165, 1.54) is 7.11 Å². The van der Waals surface area contributed by atoms with E-state index in [0.717, 1.165) is 17.1 Å². The Hall–Kier alpha value is -2.94. The van der Waals surface area contributed by atoms with Crippen molar-refractivity contribution in [1.82, 2.24) is 14.9 Å². The van der Waals surface area contributed by atoms with E-state index in [0.29, 0.717) is 15.8 Å². The first kappa shape index (κ1) is 23.2. The number of ether oxygens (including phenoxy) is 1. The predicted molar refractivity (Wildman–Crippen MR) is 135 cm³/mol. The molecule has 0 aliphatic carbocycles. The van der Waals surface area contributed by atoms with Crippen LogP contribution >= 0.6 is 23.8 Å². The molecule has 3 heterocycles. The molecule has 4 rings (SSSR count). The Balaban J connectivity index is 1.76. The maximum Gasteiger partial charge on any atom is 0.250 e. The second-order valence-electron chi connectivity index (χ2n) is 8.08. The van der Waals surface area contributed by atoms with Crippen LogP contribution in [0.3, 0.4) is 0 Å². The number of nitrogens with one attached hydrogen (secondary N) is 2. The Labute approximate surface area is 203 Å². The number of aromatic nitrogens is 2. The van der Waals surface area contributed by atoms with Gasteiger partial charge in [-0.1, -0.05) is 17.7 Å². The van der Waals surface area contributed by atoms with Gasteiger partial charge in [-0.15, -0.1) is 0 Å². The highest BCUT2D eigenvalue weighted by atomic mass is 35.5. The number of pyridine rings is 1. The van der Waals surface area contributed by atoms with E-state index in [1.54, 1.807) is 12.3 Å². The minimum atomic E-state index is -0.270. The number of rotatable bonds is 7. The molecule has 0 radical (unpaired) electrons. The minimum absolute atomic E-state index is 0.0434. The van der Waals surface area contributed by atoms with E-state index in [2.05, 4.69) is 51.2 Å². The average molecular weight is 484 g/mol. The van der Waals surface area contributed by atoms with Crippen LogP contribution in [0.5, 0.6) is 0 Å². The number of hydrogen-bond acceptors (Lipinski definition) is 4. The molecule has 33 heavy (non-hydrogen) atoms. The topological polar surface area (TPSA) is 71.4 Å². The van der Waals surface area contributed by atoms with Crippen LogP contribution in [-0.2, 0) is 9.53 Å². The standard InChI is InChI=1S/C24H26ClN5O2S/c1-15(2)29-12-6-8-20(29)23-22(19-7-4-5-11-26-19)28-24(33)30(23)16-9-10-18(17(25)13-16)27-21(31)14-32-3/h4-13,15,22-23H,14H2,1-3H3,(H,27,31)(H,28,33). The molecule has 1 amide bonds. The van der Waals surface area contributed by atoms with Gasteiger partial charge in [0.2, 0.25) is 5.91 Å². The van der Waals surface area contributed by atoms with E-state index in [-0.39, 0.29) is 30.6 Å². The summed E-state index contributed by atoms with van der Waals surface area (Å²) in [5.41, 5.74) is 3.35. The highest BCUT2D eigenvalue weighted by molar-refractivity contribution is 7.80. The first-order chi connectivity index (χ1) is 15.9. The van der Waals surface area contributed by atoms with Crippen LogP contribution in [0.4, 0.5) is 11.4 Å². The third-order valence-electron chi connectivity index (χ3n) is 5.55. The monoisotopic (exact) mass is 483 g/mol. The lowest BCUT2D eigenvalue weighted by Gasteiger charge is -2.30. The fourth-order valence-electron chi connectivity index (χ4n) is 4.13. The van der Waals surface area contributed by atoms with Gasteiger partial charge < -0.3 is 24.8 Å². The van der Waals surface area contributed by atoms with Crippen LogP contribution < -0.4 is 15.5 Å². The smallest absolute Gasteiger partial charge is 0.250 e. The van der Waals surface area contributed by atoms with Crippen LogP contribution in [0, 0.1) is 0 Å². The molecule has 2 unspecified atom stereocenters. The summed E-state index contributed by atoms with van der Waals surface area (Å²) in [6.45, 7) is 4.26. The zero-order valence-electron chi connectivity index (χ0n) is 18.7. The molecule has 7 nitrogen and oxygen atoms in total. The van der Waals surface area contributed by atoms with Crippen LogP contribution in [0.25, 0.3) is 0 Å². The summed E-state index contributed by atoms with van der Waals surface area (Å²) < 4.78 is 7.12. The summed E-state index contributed by atoms with van der Waals surface area (Å²) in [6.07, 6.45) is 3.87. The lowest BCUT2D eigenvalue weighted by molar-refractivity contribution is -0.119. The highest BCUT2D eigenvalue weighted by Crippen LogP contribution is 2.43. The lowest BCUT2D eigenvalue weighted by atomic mass is 10.0. The van der Waals surface area contributed by atoms with Gasteiger partial charge in [0.15, 0.2) is 5.11 Å². The number of methoxy groups -OCH3 is 1. The minimum Gasteiger partial charge on any atom is -0.375 e. The van der Waals surface area contributed by atoms with Gasteiger partial charge in [0.1, 0.15) is 12.6 Å². The summed E-state index contributed by atoms with van der Waals surface area (Å²) in [5, 5.41) is 7.22. The normalized spacial score (nSPS) is 18.0. The van der Waals surface area contributed by atoms with Gasteiger partial charge in [0.05, 0.1) is 22.4 Å². The van der Waals surface area contributed by atoms with Crippen molar-refractivity contribution in [2.45, 2.75) is 32.0 Å². The van der Waals surface area contributed by atoms with E-state index in [1.807, 2.05) is 36.4 Å². The third kappa shape index (κ3) is 4.73. The maximum atomic E-state index is 11.9. The zero-order valence-corrected chi connectivity index (χ0v) is 20.2. The number of carbonyl (C=O) groups is 1. The number of hydrogen-bond donors (Lipinski definition) is 2. The first-order valence-corrected chi connectivity index (χ1v) is 11.4. The van der Waals surface area contributed by atoms with E-state index in [4.69, 9.17) is 28.6 Å². The molecule has 1 aliphatic heterocycles. The van der Waals surface area contributed by atoms with E-state index >= 15 is 0 Å². The van der Waals surface area contributed by atoms with Gasteiger partial charge in [-0.2, -0.15) is 0 Å². The van der Waals surface area contributed by atoms with Crippen molar-refractivity contribution in [3.05, 3.63) is 77.3 Å². The summed E-state index contributed by atoms with van der Waals surface area (Å²) in [4.78, 5) is 18.6. The van der Waals surface area contributed by atoms with Gasteiger partial charge in [-0.3, -0.25) is 9.78 Å². The Kier molecular flexibility index (Phi) is 6.97. The van der Waals surface area contributed by atoms with Gasteiger partial charge in [-0.25, -0.2) is 0 Å². The van der Waals surface area contributed by atoms with Gasteiger partial charge in [-0.05, 0) is 68.5 Å². The Morgan fingerprint density at radius 1 is 1.27 bits per heavy atom. The Morgan fingerprint density at radius 3 is 2.76 bits per heavy atom. The second-order valence-corrected chi connectivity index (χ2v) is 8.87. The molecule has 0 spiro atoms. The van der Waals surface area contributed by atoms with Crippen molar-refractivity contribution in [3.8, 4) is 0 Å². The predicted octanol–water partition coefficient (Wildman–Crippen LogP) is 4.88. The number of anilines is 2. The largest absolute Gasteiger partial charge is 0.375 e. The van der Waals surface area contributed by atoms with Crippen molar-refractivity contribution >= 4 is 46.2 Å². The van der Waals surface area contributed by atoms with Crippen molar-refractivity contribution in [2.75, 3.05) is 23.9 Å². The Bertz CT molecular complexity index is 1150. The fourth-order valence-corrected chi connectivity index (χ4v) is 4.70. The molecular formula is C24H26ClN5O2S. The molecule has 0 bridgehead atoms. The van der Waals surface area contributed by atoms with Crippen molar-refractivity contribution < 1.29 is 9.53 Å². The molecule has 1 saturated heterocycles. The first-order valence-electron chi connectivity index (χ1n) is 10.7. The van der Waals surface area contributed by atoms with Gasteiger partial charge in [0, 0.05) is 36.9 Å². The lowest BCUT2D eigenvalue weighted by Crippen LogP contribution is -2.30. The number of halogens is 1. The molecule has 2 aromatic heterocycles. The second kappa shape index (κ2) is 9.91. The van der Waals surface area contributed by atoms with Crippen molar-refractivity contribution in [2.24, 2.45) is 0 Å². The highest BCUT2D eigenvalue weighted by Gasteiger charge is 2.42. The fraction of sp³-hybridized carbons (Fsp3) is 0.292. The maximum absolute atomic E-state index is 11.9. The summed E-state index contributed by atoms with van der Waals surface area (Å²) in [7, 11) is 1.47. The molecule has 1 aromatic carbocycles. The number of benzene rings is 1. The molecule has 0 saturated carbocycles. The molecule has 3 aromatic rings. The Morgan fingerprint density at radius 2 is 2.09 bits per heavy atom. The number of amides is 1. The van der Waals surface area contributed by atoms with Gasteiger partial charge in [0.25, 0.3) is 0 Å². The molecule has 172 valence electrons. The van der Waals surface area contributed by atoms with Crippen LogP contribution in [-0.4, -0.2) is 34.3 Å².